The number of ether oxygens (including phenoxy) is 1. The van der Waals surface area contributed by atoms with E-state index < -0.39 is 0 Å². The third-order valence-corrected chi connectivity index (χ3v) is 3.03. The molecule has 0 radical (unpaired) electrons. The molecule has 0 aromatic carbocycles. The molecule has 104 valence electrons. The van der Waals surface area contributed by atoms with Crippen LogP contribution in [-0.2, 0) is 17.8 Å². The summed E-state index contributed by atoms with van der Waals surface area (Å²) >= 11 is 0. The summed E-state index contributed by atoms with van der Waals surface area (Å²) < 4.78 is 7.56. The van der Waals surface area contributed by atoms with Gasteiger partial charge in [-0.15, -0.1) is 12.4 Å². The van der Waals surface area contributed by atoms with E-state index in [1.807, 2.05) is 10.9 Å². The number of morpholine rings is 1. The van der Waals surface area contributed by atoms with E-state index in [4.69, 9.17) is 10.5 Å². The predicted octanol–water partition coefficient (Wildman–Crippen LogP) is 0.874. The summed E-state index contributed by atoms with van der Waals surface area (Å²) in [6.45, 7) is 7.40. The van der Waals surface area contributed by atoms with Crippen molar-refractivity contribution in [2.24, 2.45) is 5.73 Å². The van der Waals surface area contributed by atoms with Crippen LogP contribution in [0.2, 0.25) is 0 Å². The highest BCUT2D eigenvalue weighted by Gasteiger charge is 2.19. The van der Waals surface area contributed by atoms with E-state index in [0.29, 0.717) is 6.54 Å². The number of nitrogens with zero attached hydrogens (tertiary/aromatic N) is 3. The highest BCUT2D eigenvalue weighted by molar-refractivity contribution is 5.85. The van der Waals surface area contributed by atoms with E-state index in [1.54, 1.807) is 0 Å². The minimum Gasteiger partial charge on any atom is -0.374 e. The number of aromatic nitrogens is 2. The molecule has 1 saturated heterocycles. The molecule has 6 heteroatoms. The Hall–Kier alpha value is -0.620. The van der Waals surface area contributed by atoms with Crippen LogP contribution in [0, 0.1) is 0 Å². The van der Waals surface area contributed by atoms with E-state index in [1.165, 1.54) is 5.56 Å². The van der Waals surface area contributed by atoms with E-state index in [0.717, 1.165) is 39.2 Å². The van der Waals surface area contributed by atoms with E-state index in [2.05, 4.69) is 23.1 Å². The Bertz CT molecular complexity index is 345. The second-order valence-corrected chi connectivity index (χ2v) is 4.58. The lowest BCUT2D eigenvalue weighted by molar-refractivity contribution is -0.0260. The fraction of sp³-hybridized carbons (Fsp3) is 0.750. The van der Waals surface area contributed by atoms with E-state index >= 15 is 0 Å². The van der Waals surface area contributed by atoms with Crippen molar-refractivity contribution in [3.63, 3.8) is 0 Å². The first-order valence-corrected chi connectivity index (χ1v) is 6.37. The minimum absolute atomic E-state index is 0. The molecule has 5 nitrogen and oxygen atoms in total. The highest BCUT2D eigenvalue weighted by atomic mass is 35.5. The Kier molecular flexibility index (Phi) is 6.63. The summed E-state index contributed by atoms with van der Waals surface area (Å²) in [5, 5.41) is 4.34. The van der Waals surface area contributed by atoms with Crippen molar-refractivity contribution in [3.8, 4) is 0 Å². The largest absolute Gasteiger partial charge is 0.374 e. The third-order valence-electron chi connectivity index (χ3n) is 3.03. The van der Waals surface area contributed by atoms with Gasteiger partial charge in [0.2, 0.25) is 0 Å². The van der Waals surface area contributed by atoms with Gasteiger partial charge in [0.25, 0.3) is 0 Å². The summed E-state index contributed by atoms with van der Waals surface area (Å²) in [5.41, 5.74) is 6.91. The van der Waals surface area contributed by atoms with Crippen LogP contribution in [0.25, 0.3) is 0 Å². The summed E-state index contributed by atoms with van der Waals surface area (Å²) in [4.78, 5) is 2.38. The standard InChI is InChI=1S/C12H22N4O.ClH/c1-2-3-16-9-11(7-14-16)8-15-4-5-17-12(6-13)10-15;/h7,9,12H,2-6,8,10,13H2,1H3;1H. The zero-order valence-corrected chi connectivity index (χ0v) is 11.7. The predicted molar refractivity (Wildman–Crippen MR) is 73.8 cm³/mol. The van der Waals surface area contributed by atoms with Crippen molar-refractivity contribution in [1.82, 2.24) is 14.7 Å². The molecule has 0 saturated carbocycles. The lowest BCUT2D eigenvalue weighted by atomic mass is 10.2. The average molecular weight is 275 g/mol. The molecule has 0 spiro atoms. The maximum Gasteiger partial charge on any atom is 0.0824 e. The first kappa shape index (κ1) is 15.4. The first-order valence-electron chi connectivity index (χ1n) is 6.37. The number of halogens is 1. The molecular weight excluding hydrogens is 252 g/mol. The quantitative estimate of drug-likeness (QED) is 0.866. The molecule has 2 rings (SSSR count). The van der Waals surface area contributed by atoms with Gasteiger partial charge in [-0.2, -0.15) is 5.10 Å². The Morgan fingerprint density at radius 1 is 1.56 bits per heavy atom. The van der Waals surface area contributed by atoms with Gasteiger partial charge in [0.15, 0.2) is 0 Å². The van der Waals surface area contributed by atoms with Crippen LogP contribution in [0.15, 0.2) is 12.4 Å². The molecule has 1 aromatic rings. The summed E-state index contributed by atoms with van der Waals surface area (Å²) in [6, 6.07) is 0. The molecule has 2 N–H and O–H groups in total. The van der Waals surface area contributed by atoms with Crippen LogP contribution in [0.3, 0.4) is 0 Å². The van der Waals surface area contributed by atoms with Gasteiger partial charge < -0.3 is 10.5 Å². The average Bonchev–Trinajstić information content (AvgIpc) is 2.77. The molecule has 2 heterocycles. The number of aryl methyl sites for hydroxylation is 1. The van der Waals surface area contributed by atoms with Crippen molar-refractivity contribution in [2.45, 2.75) is 32.5 Å². The zero-order chi connectivity index (χ0) is 12.1. The fourth-order valence-corrected chi connectivity index (χ4v) is 2.16. The molecule has 1 aliphatic heterocycles. The van der Waals surface area contributed by atoms with Gasteiger partial charge >= 0.3 is 0 Å². The second-order valence-electron chi connectivity index (χ2n) is 4.58. The first-order chi connectivity index (χ1) is 8.31. The number of hydrogen-bond acceptors (Lipinski definition) is 4. The maximum atomic E-state index is 5.63. The number of rotatable bonds is 5. The van der Waals surface area contributed by atoms with Gasteiger partial charge in [0.1, 0.15) is 0 Å². The lowest BCUT2D eigenvalue weighted by Crippen LogP contribution is -2.45. The van der Waals surface area contributed by atoms with Crippen LogP contribution < -0.4 is 5.73 Å². The molecule has 1 unspecified atom stereocenters. The van der Waals surface area contributed by atoms with Crippen molar-refractivity contribution in [2.75, 3.05) is 26.2 Å². The van der Waals surface area contributed by atoms with Crippen LogP contribution in [-0.4, -0.2) is 47.0 Å². The van der Waals surface area contributed by atoms with Crippen molar-refractivity contribution < 1.29 is 4.74 Å². The Morgan fingerprint density at radius 2 is 2.39 bits per heavy atom. The van der Waals surface area contributed by atoms with E-state index in [9.17, 15) is 0 Å². The fourth-order valence-electron chi connectivity index (χ4n) is 2.16. The number of nitrogens with two attached hydrogens (primary N) is 1. The Morgan fingerprint density at radius 3 is 3.11 bits per heavy atom. The topological polar surface area (TPSA) is 56.3 Å². The van der Waals surface area contributed by atoms with Crippen molar-refractivity contribution in [3.05, 3.63) is 18.0 Å². The van der Waals surface area contributed by atoms with Gasteiger partial charge in [0, 0.05) is 44.5 Å². The minimum atomic E-state index is 0. The SMILES string of the molecule is CCCn1cc(CN2CCOC(CN)C2)cn1.Cl. The van der Waals surface area contributed by atoms with Gasteiger partial charge in [-0.05, 0) is 6.42 Å². The molecular formula is C12H23ClN4O. The summed E-state index contributed by atoms with van der Waals surface area (Å²) in [5.74, 6) is 0. The van der Waals surface area contributed by atoms with Crippen LogP contribution in [0.4, 0.5) is 0 Å². The second kappa shape index (κ2) is 7.74. The highest BCUT2D eigenvalue weighted by Crippen LogP contribution is 2.09. The molecule has 1 aromatic heterocycles. The Balaban J connectivity index is 0.00000162. The van der Waals surface area contributed by atoms with Gasteiger partial charge in [-0.1, -0.05) is 6.92 Å². The molecule has 0 bridgehead atoms. The van der Waals surface area contributed by atoms with Gasteiger partial charge in [-0.3, -0.25) is 9.58 Å². The van der Waals surface area contributed by atoms with E-state index in [-0.39, 0.29) is 18.5 Å². The zero-order valence-electron chi connectivity index (χ0n) is 10.9. The lowest BCUT2D eigenvalue weighted by Gasteiger charge is -2.31. The maximum absolute atomic E-state index is 5.63. The third kappa shape index (κ3) is 4.24. The molecule has 1 aliphatic rings. The summed E-state index contributed by atoms with van der Waals surface area (Å²) in [7, 11) is 0. The summed E-state index contributed by atoms with van der Waals surface area (Å²) in [6.07, 6.45) is 5.40. The van der Waals surface area contributed by atoms with Crippen molar-refractivity contribution >= 4 is 12.4 Å². The molecule has 18 heavy (non-hydrogen) atoms. The van der Waals surface area contributed by atoms with Gasteiger partial charge in [-0.25, -0.2) is 0 Å². The van der Waals surface area contributed by atoms with Gasteiger partial charge in [0.05, 0.1) is 18.9 Å². The van der Waals surface area contributed by atoms with Crippen LogP contribution in [0.5, 0.6) is 0 Å². The Labute approximate surface area is 115 Å². The molecule has 1 atom stereocenters. The number of hydrogen-bond donors (Lipinski definition) is 1. The normalized spacial score (nSPS) is 20.7. The molecule has 0 amide bonds. The monoisotopic (exact) mass is 274 g/mol. The van der Waals surface area contributed by atoms with Crippen LogP contribution in [0.1, 0.15) is 18.9 Å². The molecule has 0 aliphatic carbocycles. The van der Waals surface area contributed by atoms with Crippen LogP contribution >= 0.6 is 12.4 Å². The van der Waals surface area contributed by atoms with Crippen molar-refractivity contribution in [1.29, 1.82) is 0 Å². The smallest absolute Gasteiger partial charge is 0.0824 e. The molecule has 1 fully saturated rings.